The Kier molecular flexibility index (Phi) is 19.2. The van der Waals surface area contributed by atoms with E-state index in [4.69, 9.17) is 0 Å². The number of para-hydroxylation sites is 2. The van der Waals surface area contributed by atoms with Gasteiger partial charge in [-0.15, -0.1) is 0 Å². The number of aromatic nitrogens is 2. The van der Waals surface area contributed by atoms with Crippen molar-refractivity contribution in [2.75, 3.05) is 26.2 Å². The van der Waals surface area contributed by atoms with Crippen LogP contribution in [0.15, 0.2) is 60.9 Å². The Hall–Kier alpha value is -4.15. The predicted molar refractivity (Wildman–Crippen MR) is 220 cm³/mol. The normalized spacial score (nSPS) is 12.6. The van der Waals surface area contributed by atoms with Crippen LogP contribution in [0.25, 0.3) is 21.8 Å². The Morgan fingerprint density at radius 1 is 0.593 bits per heavy atom. The van der Waals surface area contributed by atoms with Gasteiger partial charge in [-0.25, -0.2) is 0 Å². The number of amides is 3. The van der Waals surface area contributed by atoms with E-state index in [1.165, 1.54) is 70.6 Å². The molecular weight excluding hydrogens is 675 g/mol. The first kappa shape index (κ1) is 42.6. The van der Waals surface area contributed by atoms with Crippen molar-refractivity contribution in [2.45, 2.75) is 135 Å². The number of hydrogen-bond donors (Lipinski definition) is 6. The van der Waals surface area contributed by atoms with E-state index in [0.29, 0.717) is 58.3 Å². The van der Waals surface area contributed by atoms with Gasteiger partial charge in [-0.3, -0.25) is 14.4 Å². The largest absolute Gasteiger partial charge is 0.361 e. The van der Waals surface area contributed by atoms with Gasteiger partial charge >= 0.3 is 0 Å². The molecule has 10 nitrogen and oxygen atoms in total. The molecule has 0 aliphatic heterocycles. The molecule has 3 amide bonds. The molecule has 0 spiro atoms. The smallest absolute Gasteiger partial charge is 0.278 e. The summed E-state index contributed by atoms with van der Waals surface area (Å²) < 4.78 is 0. The van der Waals surface area contributed by atoms with Crippen molar-refractivity contribution in [3.63, 3.8) is 0 Å². The van der Waals surface area contributed by atoms with Crippen molar-refractivity contribution in [3.05, 3.63) is 72.1 Å². The van der Waals surface area contributed by atoms with Crippen LogP contribution >= 0.6 is 0 Å². The molecule has 296 valence electrons. The SMILES string of the molecule is CCCCCCCCCCCCCCCC(=O)N(CCCNC(=O)[C@@H]([NH3+])Cc1c[nH]c2ccccc12)CCCNC(=O)[C@@H]([NH3+])Cc1c[nH]c2ccccc12. The molecule has 10 N–H and O–H groups in total. The lowest BCUT2D eigenvalue weighted by molar-refractivity contribution is -0.403. The van der Waals surface area contributed by atoms with Crippen LogP contribution in [0.4, 0.5) is 0 Å². The molecule has 0 fully saturated rings. The highest BCUT2D eigenvalue weighted by Gasteiger charge is 2.21. The number of nitrogens with zero attached hydrogens (tertiary/aromatic N) is 1. The van der Waals surface area contributed by atoms with Crippen LogP contribution in [0.1, 0.15) is 121 Å². The van der Waals surface area contributed by atoms with Crippen molar-refractivity contribution in [1.82, 2.24) is 25.5 Å². The highest BCUT2D eigenvalue weighted by Crippen LogP contribution is 2.20. The molecule has 0 aliphatic rings. The molecule has 0 saturated heterocycles. The van der Waals surface area contributed by atoms with Crippen molar-refractivity contribution in [3.8, 4) is 0 Å². The maximum absolute atomic E-state index is 13.4. The minimum absolute atomic E-state index is 0.0804. The molecule has 4 rings (SSSR count). The topological polar surface area (TPSA) is 165 Å². The van der Waals surface area contributed by atoms with Gasteiger partial charge in [0, 0.05) is 79.6 Å². The van der Waals surface area contributed by atoms with E-state index < -0.39 is 12.1 Å². The second kappa shape index (κ2) is 24.3. The molecule has 2 atom stereocenters. The number of carbonyl (C=O) groups excluding carboxylic acids is 3. The van der Waals surface area contributed by atoms with E-state index in [-0.39, 0.29) is 17.7 Å². The number of aromatic amines is 2. The average Bonchev–Trinajstić information content (AvgIpc) is 3.79. The molecule has 0 radical (unpaired) electrons. The van der Waals surface area contributed by atoms with Gasteiger partial charge in [0.15, 0.2) is 12.1 Å². The molecule has 2 aromatic carbocycles. The Bertz CT molecular complexity index is 1580. The second-order valence-electron chi connectivity index (χ2n) is 15.2. The van der Waals surface area contributed by atoms with E-state index >= 15 is 0 Å². The number of unbranched alkanes of at least 4 members (excludes halogenated alkanes) is 12. The van der Waals surface area contributed by atoms with Crippen LogP contribution < -0.4 is 22.1 Å². The van der Waals surface area contributed by atoms with E-state index in [1.54, 1.807) is 0 Å². The fraction of sp³-hybridized carbons (Fsp3) is 0.568. The maximum Gasteiger partial charge on any atom is 0.278 e. The van der Waals surface area contributed by atoms with Crippen molar-refractivity contribution in [1.29, 1.82) is 0 Å². The summed E-state index contributed by atoms with van der Waals surface area (Å²) in [5, 5.41) is 8.32. The summed E-state index contributed by atoms with van der Waals surface area (Å²) in [5.74, 6) is -0.00844. The summed E-state index contributed by atoms with van der Waals surface area (Å²) in [6.07, 6.45) is 23.4. The second-order valence-corrected chi connectivity index (χ2v) is 15.2. The van der Waals surface area contributed by atoms with E-state index in [2.05, 4.69) is 51.1 Å². The maximum atomic E-state index is 13.4. The first-order chi connectivity index (χ1) is 26.4. The molecular formula is C44H69N7O3+2. The summed E-state index contributed by atoms with van der Waals surface area (Å²) in [6.45, 7) is 4.36. The molecule has 0 aliphatic carbocycles. The van der Waals surface area contributed by atoms with Crippen LogP contribution in [0, 0.1) is 0 Å². The third-order valence-corrected chi connectivity index (χ3v) is 10.7. The first-order valence-electron chi connectivity index (χ1n) is 21.0. The number of fused-ring (bicyclic) bond motifs is 2. The molecule has 4 aromatic rings. The zero-order chi connectivity index (χ0) is 38.4. The Labute approximate surface area is 323 Å². The fourth-order valence-electron chi connectivity index (χ4n) is 7.38. The van der Waals surface area contributed by atoms with E-state index in [0.717, 1.165) is 45.8 Å². The molecule has 2 aromatic heterocycles. The van der Waals surface area contributed by atoms with Gasteiger partial charge in [0.25, 0.3) is 11.8 Å². The lowest BCUT2D eigenvalue weighted by Gasteiger charge is -2.23. The monoisotopic (exact) mass is 744 g/mol. The summed E-state index contributed by atoms with van der Waals surface area (Å²) in [4.78, 5) is 47.7. The quantitative estimate of drug-likeness (QED) is 0.0395. The van der Waals surface area contributed by atoms with Gasteiger partial charge in [0.2, 0.25) is 5.91 Å². The van der Waals surface area contributed by atoms with Gasteiger partial charge in [-0.2, -0.15) is 0 Å². The predicted octanol–water partition coefficient (Wildman–Crippen LogP) is 5.98. The van der Waals surface area contributed by atoms with Gasteiger partial charge in [0.05, 0.1) is 0 Å². The summed E-state index contributed by atoms with van der Waals surface area (Å²) in [5.41, 5.74) is 12.5. The van der Waals surface area contributed by atoms with Crippen LogP contribution in [0.3, 0.4) is 0 Å². The number of nitrogens with one attached hydrogen (secondary N) is 4. The fourth-order valence-corrected chi connectivity index (χ4v) is 7.38. The van der Waals surface area contributed by atoms with Crippen LogP contribution in [-0.2, 0) is 27.2 Å². The number of hydrogen-bond acceptors (Lipinski definition) is 3. The molecule has 54 heavy (non-hydrogen) atoms. The average molecular weight is 744 g/mol. The Morgan fingerprint density at radius 2 is 1.00 bits per heavy atom. The van der Waals surface area contributed by atoms with Gasteiger partial charge in [-0.1, -0.05) is 120 Å². The minimum Gasteiger partial charge on any atom is -0.361 e. The van der Waals surface area contributed by atoms with Crippen LogP contribution in [-0.4, -0.2) is 70.9 Å². The van der Waals surface area contributed by atoms with E-state index in [9.17, 15) is 14.4 Å². The molecule has 0 unspecified atom stereocenters. The lowest BCUT2D eigenvalue weighted by atomic mass is 10.0. The summed E-state index contributed by atoms with van der Waals surface area (Å²) in [6, 6.07) is 15.3. The number of carbonyl (C=O) groups is 3. The summed E-state index contributed by atoms with van der Waals surface area (Å²) in [7, 11) is 0. The molecule has 10 heteroatoms. The Balaban J connectivity index is 1.16. The number of H-pyrrole nitrogens is 2. The minimum atomic E-state index is -0.408. The van der Waals surface area contributed by atoms with Crippen molar-refractivity contribution in [2.24, 2.45) is 0 Å². The van der Waals surface area contributed by atoms with Gasteiger partial charge in [0.1, 0.15) is 0 Å². The third kappa shape index (κ3) is 14.6. The zero-order valence-corrected chi connectivity index (χ0v) is 33.1. The van der Waals surface area contributed by atoms with E-state index in [1.807, 2.05) is 53.7 Å². The zero-order valence-electron chi connectivity index (χ0n) is 33.1. The van der Waals surface area contributed by atoms with Gasteiger partial charge in [-0.05, 0) is 42.5 Å². The first-order valence-corrected chi connectivity index (χ1v) is 21.0. The van der Waals surface area contributed by atoms with Crippen molar-refractivity contribution >= 4 is 39.5 Å². The van der Waals surface area contributed by atoms with Crippen LogP contribution in [0.5, 0.6) is 0 Å². The molecule has 0 bridgehead atoms. The third-order valence-electron chi connectivity index (χ3n) is 10.7. The number of benzene rings is 2. The lowest BCUT2D eigenvalue weighted by Crippen LogP contribution is -2.68. The van der Waals surface area contributed by atoms with Crippen molar-refractivity contribution < 1.29 is 25.9 Å². The Morgan fingerprint density at radius 3 is 1.44 bits per heavy atom. The standard InChI is InChI=1S/C44H67N7O3/c1-2-3-4-5-6-7-8-9-10-11-12-13-14-25-42(52)51(28-19-26-47-43(53)38(45)30-34-32-49-40-23-17-15-21-36(34)40)29-20-27-48-44(54)39(46)31-35-33-50-41-24-18-16-22-37(35)41/h15-18,21-24,32-33,38-39,49-50H,2-14,19-20,25-31,45-46H2,1H3,(H,47,53)(H,48,54)/p+2/t38-,39-/m0/s1. The summed E-state index contributed by atoms with van der Waals surface area (Å²) >= 11 is 0. The highest BCUT2D eigenvalue weighted by atomic mass is 16.2. The van der Waals surface area contributed by atoms with Gasteiger partial charge < -0.3 is 37.0 Å². The molecule has 2 heterocycles. The number of quaternary nitrogens is 2. The molecule has 0 saturated carbocycles. The highest BCUT2D eigenvalue weighted by molar-refractivity contribution is 5.86. The van der Waals surface area contributed by atoms with Crippen LogP contribution in [0.2, 0.25) is 0 Å². The number of rotatable bonds is 28.